The van der Waals surface area contributed by atoms with Gasteiger partial charge in [-0.25, -0.2) is 4.99 Å². The van der Waals surface area contributed by atoms with Crippen LogP contribution in [0.1, 0.15) is 20.8 Å². The van der Waals surface area contributed by atoms with Crippen molar-refractivity contribution in [2.24, 2.45) is 4.99 Å². The lowest BCUT2D eigenvalue weighted by molar-refractivity contribution is 0.0971. The van der Waals surface area contributed by atoms with E-state index in [9.17, 15) is 0 Å². The summed E-state index contributed by atoms with van der Waals surface area (Å²) < 4.78 is 11.7. The van der Waals surface area contributed by atoms with E-state index in [1.165, 1.54) is 0 Å². The normalized spacial score (nSPS) is 17.2. The fourth-order valence-corrected chi connectivity index (χ4v) is 2.30. The number of hydrogen-bond acceptors (Lipinski definition) is 4. The predicted molar refractivity (Wildman–Crippen MR) is 98.1 cm³/mol. The summed E-state index contributed by atoms with van der Waals surface area (Å²) in [7, 11) is 2.13. The Labute approximate surface area is 145 Å². The Morgan fingerprint density at radius 1 is 1.29 bits per heavy atom. The van der Waals surface area contributed by atoms with Gasteiger partial charge in [-0.3, -0.25) is 0 Å². The summed E-state index contributed by atoms with van der Waals surface area (Å²) in [6.45, 7) is 10.2. The molecule has 6 nitrogen and oxygen atoms in total. The summed E-state index contributed by atoms with van der Waals surface area (Å²) in [5.41, 5.74) is 0. The molecule has 0 aromatic heterocycles. The van der Waals surface area contributed by atoms with Crippen molar-refractivity contribution in [3.8, 4) is 11.5 Å². The Balaban J connectivity index is 1.82. The molecule has 0 fully saturated rings. The first-order valence-electron chi connectivity index (χ1n) is 8.71. The average molecular weight is 334 g/mol. The van der Waals surface area contributed by atoms with Crippen molar-refractivity contribution in [1.82, 2.24) is 15.5 Å². The molecule has 1 aromatic carbocycles. The van der Waals surface area contributed by atoms with Crippen molar-refractivity contribution in [2.75, 3.05) is 39.8 Å². The molecule has 0 saturated heterocycles. The molecule has 1 aliphatic rings. The van der Waals surface area contributed by atoms with Gasteiger partial charge in [0.25, 0.3) is 0 Å². The second-order valence-corrected chi connectivity index (χ2v) is 6.22. The van der Waals surface area contributed by atoms with Gasteiger partial charge in [0.1, 0.15) is 6.61 Å². The monoisotopic (exact) mass is 334 g/mol. The number of nitrogens with one attached hydrogen (secondary N) is 2. The van der Waals surface area contributed by atoms with Crippen LogP contribution in [0, 0.1) is 0 Å². The van der Waals surface area contributed by atoms with E-state index in [1.807, 2.05) is 24.3 Å². The average Bonchev–Trinajstić information content (AvgIpc) is 2.59. The first-order chi connectivity index (χ1) is 11.6. The molecule has 0 bridgehead atoms. The topological polar surface area (TPSA) is 58.1 Å². The number of aliphatic imine (C=N–C) groups is 1. The summed E-state index contributed by atoms with van der Waals surface area (Å²) in [5.74, 6) is 2.41. The first-order valence-corrected chi connectivity index (χ1v) is 8.71. The number of likely N-dealkylation sites (N-methyl/N-ethyl adjacent to an activating group) is 1. The molecular weight excluding hydrogens is 304 g/mol. The summed E-state index contributed by atoms with van der Waals surface area (Å²) in [4.78, 5) is 6.92. The lowest BCUT2D eigenvalue weighted by Crippen LogP contribution is -2.43. The molecule has 0 spiro atoms. The zero-order valence-corrected chi connectivity index (χ0v) is 15.2. The van der Waals surface area contributed by atoms with E-state index in [4.69, 9.17) is 9.47 Å². The maximum atomic E-state index is 5.94. The van der Waals surface area contributed by atoms with Crippen LogP contribution in [0.5, 0.6) is 11.5 Å². The molecule has 2 N–H and O–H groups in total. The predicted octanol–water partition coefficient (Wildman–Crippen LogP) is 1.72. The second kappa shape index (κ2) is 9.37. The van der Waals surface area contributed by atoms with Crippen LogP contribution in [0.25, 0.3) is 0 Å². The molecule has 1 heterocycles. The van der Waals surface area contributed by atoms with Crippen molar-refractivity contribution in [1.29, 1.82) is 0 Å². The van der Waals surface area contributed by atoms with E-state index in [2.05, 4.69) is 48.3 Å². The number of nitrogens with zero attached hydrogens (tertiary/aromatic N) is 2. The fraction of sp³-hybridized carbons (Fsp3) is 0.611. The van der Waals surface area contributed by atoms with Gasteiger partial charge in [0.2, 0.25) is 0 Å². The highest BCUT2D eigenvalue weighted by atomic mass is 16.6. The minimum atomic E-state index is -0.0614. The molecule has 1 aliphatic heterocycles. The van der Waals surface area contributed by atoms with Crippen LogP contribution in [-0.4, -0.2) is 62.8 Å². The van der Waals surface area contributed by atoms with Crippen LogP contribution in [0.3, 0.4) is 0 Å². The van der Waals surface area contributed by atoms with Gasteiger partial charge in [0, 0.05) is 25.7 Å². The van der Waals surface area contributed by atoms with Crippen molar-refractivity contribution in [3.05, 3.63) is 24.3 Å². The third-order valence-electron chi connectivity index (χ3n) is 4.00. The number of fused-ring (bicyclic) bond motifs is 1. The molecule has 134 valence electrons. The largest absolute Gasteiger partial charge is 0.486 e. The van der Waals surface area contributed by atoms with E-state index in [-0.39, 0.29) is 6.10 Å². The Hall–Kier alpha value is -1.95. The van der Waals surface area contributed by atoms with Gasteiger partial charge in [0.15, 0.2) is 23.6 Å². The summed E-state index contributed by atoms with van der Waals surface area (Å²) in [5, 5.41) is 6.63. The lowest BCUT2D eigenvalue weighted by atomic mass is 10.2. The molecule has 2 rings (SSSR count). The molecule has 0 amide bonds. The Bertz CT molecular complexity index is 534. The van der Waals surface area contributed by atoms with Gasteiger partial charge in [-0.2, -0.15) is 0 Å². The molecule has 1 unspecified atom stereocenters. The van der Waals surface area contributed by atoms with Gasteiger partial charge >= 0.3 is 0 Å². The summed E-state index contributed by atoms with van der Waals surface area (Å²) in [6, 6.07) is 8.29. The third kappa shape index (κ3) is 5.60. The van der Waals surface area contributed by atoms with Gasteiger partial charge in [0.05, 0.1) is 6.54 Å². The molecular formula is C18H30N4O2. The minimum absolute atomic E-state index is 0.0614. The molecule has 0 aliphatic carbocycles. The van der Waals surface area contributed by atoms with E-state index in [0.717, 1.165) is 37.1 Å². The van der Waals surface area contributed by atoms with Crippen LogP contribution in [0.4, 0.5) is 0 Å². The van der Waals surface area contributed by atoms with Crippen LogP contribution >= 0.6 is 0 Å². The highest BCUT2D eigenvalue weighted by Crippen LogP contribution is 2.30. The van der Waals surface area contributed by atoms with Crippen LogP contribution in [-0.2, 0) is 0 Å². The third-order valence-corrected chi connectivity index (χ3v) is 4.00. The van der Waals surface area contributed by atoms with E-state index < -0.39 is 0 Å². The van der Waals surface area contributed by atoms with Gasteiger partial charge in [-0.05, 0) is 40.0 Å². The number of hydrogen-bond donors (Lipinski definition) is 2. The summed E-state index contributed by atoms with van der Waals surface area (Å²) in [6.07, 6.45) is -0.0614. The molecule has 24 heavy (non-hydrogen) atoms. The second-order valence-electron chi connectivity index (χ2n) is 6.22. The Kier molecular flexibility index (Phi) is 7.18. The Morgan fingerprint density at radius 2 is 2.04 bits per heavy atom. The molecule has 0 saturated carbocycles. The van der Waals surface area contributed by atoms with Crippen LogP contribution in [0.2, 0.25) is 0 Å². The van der Waals surface area contributed by atoms with Gasteiger partial charge in [-0.1, -0.05) is 12.1 Å². The standard InChI is InChI=1S/C18H30N4O2/c1-5-19-18(20-10-11-22(4)14(2)3)21-12-15-13-23-16-8-6-7-9-17(16)24-15/h6-9,14-15H,5,10-13H2,1-4H3,(H2,19,20,21). The molecule has 1 atom stereocenters. The summed E-state index contributed by atoms with van der Waals surface area (Å²) >= 11 is 0. The molecule has 6 heteroatoms. The zero-order valence-electron chi connectivity index (χ0n) is 15.2. The lowest BCUT2D eigenvalue weighted by Gasteiger charge is -2.25. The van der Waals surface area contributed by atoms with E-state index in [1.54, 1.807) is 0 Å². The van der Waals surface area contributed by atoms with Crippen molar-refractivity contribution in [2.45, 2.75) is 32.9 Å². The first kappa shape index (κ1) is 18.4. The highest BCUT2D eigenvalue weighted by Gasteiger charge is 2.20. The number of rotatable bonds is 7. The van der Waals surface area contributed by atoms with Crippen molar-refractivity contribution >= 4 is 5.96 Å². The van der Waals surface area contributed by atoms with Gasteiger partial charge in [-0.15, -0.1) is 0 Å². The van der Waals surface area contributed by atoms with E-state index in [0.29, 0.717) is 19.2 Å². The highest BCUT2D eigenvalue weighted by molar-refractivity contribution is 5.79. The fourth-order valence-electron chi connectivity index (χ4n) is 2.30. The number of benzene rings is 1. The van der Waals surface area contributed by atoms with Crippen LogP contribution < -0.4 is 20.1 Å². The van der Waals surface area contributed by atoms with Gasteiger partial charge < -0.3 is 25.0 Å². The van der Waals surface area contributed by atoms with E-state index >= 15 is 0 Å². The minimum Gasteiger partial charge on any atom is -0.486 e. The SMILES string of the molecule is CCNC(=NCC1COc2ccccc2O1)NCCN(C)C(C)C. The molecule has 1 aromatic rings. The Morgan fingerprint density at radius 3 is 2.75 bits per heavy atom. The number of guanidine groups is 1. The smallest absolute Gasteiger partial charge is 0.191 e. The van der Waals surface area contributed by atoms with Crippen molar-refractivity contribution in [3.63, 3.8) is 0 Å². The quantitative estimate of drug-likeness (QED) is 0.587. The number of ether oxygens (including phenoxy) is 2. The maximum Gasteiger partial charge on any atom is 0.191 e. The maximum absolute atomic E-state index is 5.94. The number of para-hydroxylation sites is 2. The van der Waals surface area contributed by atoms with Crippen molar-refractivity contribution < 1.29 is 9.47 Å². The zero-order chi connectivity index (χ0) is 17.4. The van der Waals surface area contributed by atoms with Crippen LogP contribution in [0.15, 0.2) is 29.3 Å². The molecule has 0 radical (unpaired) electrons.